The van der Waals surface area contributed by atoms with Crippen molar-refractivity contribution in [2.45, 2.75) is 12.8 Å². The van der Waals surface area contributed by atoms with Crippen molar-refractivity contribution in [2.24, 2.45) is 0 Å². The van der Waals surface area contributed by atoms with Crippen molar-refractivity contribution in [3.05, 3.63) is 34.9 Å². The van der Waals surface area contributed by atoms with E-state index in [1.54, 1.807) is 31.2 Å². The SMILES string of the molecule is CC(CS(=O)(=O)O)c1cccc(Cl)c1. The summed E-state index contributed by atoms with van der Waals surface area (Å²) in [5.74, 6) is -0.545. The van der Waals surface area contributed by atoms with E-state index in [4.69, 9.17) is 16.2 Å². The summed E-state index contributed by atoms with van der Waals surface area (Å²) in [5.41, 5.74) is 0.801. The van der Waals surface area contributed by atoms with Crippen LogP contribution in [0.3, 0.4) is 0 Å². The molecule has 0 bridgehead atoms. The second-order valence-corrected chi connectivity index (χ2v) is 5.14. The molecule has 0 saturated carbocycles. The van der Waals surface area contributed by atoms with E-state index in [2.05, 4.69) is 0 Å². The zero-order chi connectivity index (χ0) is 10.8. The minimum atomic E-state index is -3.93. The molecule has 0 aliphatic carbocycles. The lowest BCUT2D eigenvalue weighted by molar-refractivity contribution is 0.479. The van der Waals surface area contributed by atoms with Crippen molar-refractivity contribution in [3.8, 4) is 0 Å². The molecule has 1 N–H and O–H groups in total. The van der Waals surface area contributed by atoms with E-state index in [0.29, 0.717) is 5.02 Å². The number of benzene rings is 1. The van der Waals surface area contributed by atoms with Crippen LogP contribution in [0.5, 0.6) is 0 Å². The molecule has 3 nitrogen and oxygen atoms in total. The second kappa shape index (κ2) is 4.29. The molecule has 0 aliphatic heterocycles. The molecule has 0 aromatic heterocycles. The Morgan fingerprint density at radius 1 is 1.50 bits per heavy atom. The van der Waals surface area contributed by atoms with Gasteiger partial charge in [0.1, 0.15) is 0 Å². The van der Waals surface area contributed by atoms with Gasteiger partial charge in [0.05, 0.1) is 5.75 Å². The summed E-state index contributed by atoms with van der Waals surface area (Å²) < 4.78 is 29.9. The van der Waals surface area contributed by atoms with Gasteiger partial charge in [-0.2, -0.15) is 8.42 Å². The Morgan fingerprint density at radius 2 is 2.14 bits per heavy atom. The number of hydrogen-bond acceptors (Lipinski definition) is 2. The summed E-state index contributed by atoms with van der Waals surface area (Å²) in [6.07, 6.45) is 0. The van der Waals surface area contributed by atoms with Crippen LogP contribution in [0.2, 0.25) is 5.02 Å². The van der Waals surface area contributed by atoms with Crippen molar-refractivity contribution in [2.75, 3.05) is 5.75 Å². The van der Waals surface area contributed by atoms with Crippen molar-refractivity contribution < 1.29 is 13.0 Å². The lowest BCUT2D eigenvalue weighted by atomic mass is 10.0. The highest BCUT2D eigenvalue weighted by atomic mass is 35.5. The Labute approximate surface area is 88.5 Å². The van der Waals surface area contributed by atoms with Gasteiger partial charge in [0.15, 0.2) is 0 Å². The standard InChI is InChI=1S/C9H11ClO3S/c1-7(6-14(11,12)13)8-3-2-4-9(10)5-8/h2-5,7H,6H2,1H3,(H,11,12,13). The van der Waals surface area contributed by atoms with Crippen LogP contribution in [0, 0.1) is 0 Å². The molecule has 1 rings (SSSR count). The maximum Gasteiger partial charge on any atom is 0.265 e. The first-order chi connectivity index (χ1) is 6.38. The molecule has 1 aromatic carbocycles. The lowest BCUT2D eigenvalue weighted by Crippen LogP contribution is -2.10. The van der Waals surface area contributed by atoms with Crippen molar-refractivity contribution in [1.29, 1.82) is 0 Å². The average molecular weight is 235 g/mol. The maximum atomic E-state index is 10.6. The zero-order valence-electron chi connectivity index (χ0n) is 7.64. The third kappa shape index (κ3) is 3.65. The predicted octanol–water partition coefficient (Wildman–Crippen LogP) is 2.33. The Morgan fingerprint density at radius 3 is 2.64 bits per heavy atom. The van der Waals surface area contributed by atoms with Crippen LogP contribution in [0.4, 0.5) is 0 Å². The van der Waals surface area contributed by atoms with Gasteiger partial charge in [0.2, 0.25) is 0 Å². The molecule has 0 spiro atoms. The fraction of sp³-hybridized carbons (Fsp3) is 0.333. The fourth-order valence-corrected chi connectivity index (χ4v) is 2.25. The predicted molar refractivity (Wildman–Crippen MR) is 56.3 cm³/mol. The molecule has 0 fully saturated rings. The third-order valence-corrected chi connectivity index (χ3v) is 3.03. The topological polar surface area (TPSA) is 54.4 Å². The van der Waals surface area contributed by atoms with Crippen LogP contribution >= 0.6 is 11.6 Å². The Hall–Kier alpha value is -0.580. The van der Waals surface area contributed by atoms with Gasteiger partial charge in [-0.15, -0.1) is 0 Å². The van der Waals surface area contributed by atoms with Gasteiger partial charge in [-0.3, -0.25) is 4.55 Å². The lowest BCUT2D eigenvalue weighted by Gasteiger charge is -2.09. The van der Waals surface area contributed by atoms with Crippen molar-refractivity contribution in [1.82, 2.24) is 0 Å². The second-order valence-electron chi connectivity index (χ2n) is 3.20. The summed E-state index contributed by atoms with van der Waals surface area (Å²) in [6.45, 7) is 1.72. The molecule has 0 radical (unpaired) electrons. The van der Waals surface area contributed by atoms with E-state index >= 15 is 0 Å². The van der Waals surface area contributed by atoms with Crippen LogP contribution in [0.15, 0.2) is 24.3 Å². The number of rotatable bonds is 3. The first-order valence-electron chi connectivity index (χ1n) is 4.09. The fourth-order valence-electron chi connectivity index (χ4n) is 1.23. The van der Waals surface area contributed by atoms with Crippen LogP contribution in [-0.2, 0) is 10.1 Å². The Bertz CT molecular complexity index is 414. The molecule has 1 unspecified atom stereocenters. The van der Waals surface area contributed by atoms with E-state index in [1.165, 1.54) is 0 Å². The maximum absolute atomic E-state index is 10.6. The van der Waals surface area contributed by atoms with Gasteiger partial charge in [-0.25, -0.2) is 0 Å². The van der Waals surface area contributed by atoms with Gasteiger partial charge in [0, 0.05) is 5.02 Å². The van der Waals surface area contributed by atoms with E-state index in [0.717, 1.165) is 5.56 Å². The van der Waals surface area contributed by atoms with Crippen LogP contribution in [-0.4, -0.2) is 18.7 Å². The van der Waals surface area contributed by atoms with E-state index in [-0.39, 0.29) is 11.7 Å². The van der Waals surface area contributed by atoms with Crippen LogP contribution < -0.4 is 0 Å². The minimum absolute atomic E-state index is 0.260. The smallest absolute Gasteiger partial charge is 0.265 e. The first-order valence-corrected chi connectivity index (χ1v) is 6.08. The first kappa shape index (κ1) is 11.5. The third-order valence-electron chi connectivity index (χ3n) is 1.88. The molecular formula is C9H11ClO3S. The highest BCUT2D eigenvalue weighted by Gasteiger charge is 2.14. The molecule has 5 heteroatoms. The highest BCUT2D eigenvalue weighted by Crippen LogP contribution is 2.20. The van der Waals surface area contributed by atoms with Crippen LogP contribution in [0.1, 0.15) is 18.4 Å². The zero-order valence-corrected chi connectivity index (χ0v) is 9.22. The van der Waals surface area contributed by atoms with Gasteiger partial charge in [-0.05, 0) is 23.6 Å². The number of hydrogen-bond donors (Lipinski definition) is 1. The van der Waals surface area contributed by atoms with E-state index in [9.17, 15) is 8.42 Å². The molecule has 0 saturated heterocycles. The summed E-state index contributed by atoms with van der Waals surface area (Å²) in [5, 5.41) is 0.560. The Kier molecular flexibility index (Phi) is 3.53. The van der Waals surface area contributed by atoms with Gasteiger partial charge in [0.25, 0.3) is 10.1 Å². The molecular weight excluding hydrogens is 224 g/mol. The summed E-state index contributed by atoms with van der Waals surface area (Å²) in [6, 6.07) is 6.93. The Balaban J connectivity index is 2.85. The van der Waals surface area contributed by atoms with Gasteiger partial charge in [-0.1, -0.05) is 30.7 Å². The summed E-state index contributed by atoms with van der Waals surface area (Å²) in [4.78, 5) is 0. The molecule has 0 aliphatic rings. The van der Waals surface area contributed by atoms with E-state index in [1.807, 2.05) is 0 Å². The monoisotopic (exact) mass is 234 g/mol. The molecule has 0 heterocycles. The quantitative estimate of drug-likeness (QED) is 0.817. The summed E-state index contributed by atoms with van der Waals surface area (Å²) in [7, 11) is -3.93. The molecule has 14 heavy (non-hydrogen) atoms. The summed E-state index contributed by atoms with van der Waals surface area (Å²) >= 11 is 5.75. The van der Waals surface area contributed by atoms with Crippen LogP contribution in [0.25, 0.3) is 0 Å². The van der Waals surface area contributed by atoms with Gasteiger partial charge >= 0.3 is 0 Å². The molecule has 78 valence electrons. The van der Waals surface area contributed by atoms with E-state index < -0.39 is 10.1 Å². The highest BCUT2D eigenvalue weighted by molar-refractivity contribution is 7.85. The molecule has 1 aromatic rings. The number of halogens is 1. The normalized spacial score (nSPS) is 13.9. The van der Waals surface area contributed by atoms with Crippen molar-refractivity contribution >= 4 is 21.7 Å². The average Bonchev–Trinajstić information content (AvgIpc) is 2.01. The minimum Gasteiger partial charge on any atom is -0.286 e. The van der Waals surface area contributed by atoms with Crippen molar-refractivity contribution in [3.63, 3.8) is 0 Å². The molecule has 1 atom stereocenters. The largest absolute Gasteiger partial charge is 0.286 e. The van der Waals surface area contributed by atoms with Gasteiger partial charge < -0.3 is 0 Å². The molecule has 0 amide bonds.